The summed E-state index contributed by atoms with van der Waals surface area (Å²) in [5.41, 5.74) is 6.89. The predicted molar refractivity (Wildman–Crippen MR) is 62.5 cm³/mol. The van der Waals surface area contributed by atoms with E-state index in [1.807, 2.05) is 6.92 Å². The molecular weight excluding hydrogens is 236 g/mol. The minimum absolute atomic E-state index is 0.130. The molecule has 1 unspecified atom stereocenters. The van der Waals surface area contributed by atoms with Crippen molar-refractivity contribution in [2.24, 2.45) is 5.73 Å². The lowest BCUT2D eigenvalue weighted by atomic mass is 10.1. The molecule has 0 saturated carbocycles. The van der Waals surface area contributed by atoms with Crippen LogP contribution < -0.4 is 10.5 Å². The quantitative estimate of drug-likeness (QED) is 0.856. The van der Waals surface area contributed by atoms with Crippen LogP contribution in [0.15, 0.2) is 18.2 Å². The van der Waals surface area contributed by atoms with E-state index < -0.39 is 10.0 Å². The predicted octanol–water partition coefficient (Wildman–Crippen LogP) is 1.73. The molecule has 3 N–H and O–H groups in total. The van der Waals surface area contributed by atoms with Crippen molar-refractivity contribution < 1.29 is 8.42 Å². The zero-order valence-corrected chi connectivity index (χ0v) is 10.1. The number of hydrogen-bond acceptors (Lipinski definition) is 3. The van der Waals surface area contributed by atoms with E-state index in [1.165, 1.54) is 0 Å². The minimum atomic E-state index is -3.30. The molecule has 0 spiro atoms. The van der Waals surface area contributed by atoms with Gasteiger partial charge in [-0.15, -0.1) is 0 Å². The largest absolute Gasteiger partial charge is 0.324 e. The van der Waals surface area contributed by atoms with Crippen LogP contribution in [0.2, 0.25) is 5.02 Å². The molecule has 0 fully saturated rings. The summed E-state index contributed by atoms with van der Waals surface area (Å²) in [6, 6.07) is 4.86. The van der Waals surface area contributed by atoms with Gasteiger partial charge < -0.3 is 5.73 Å². The highest BCUT2D eigenvalue weighted by Crippen LogP contribution is 2.25. The van der Waals surface area contributed by atoms with Crippen LogP contribution in [0.3, 0.4) is 0 Å². The number of nitrogens with two attached hydrogens (primary N) is 1. The summed E-state index contributed by atoms with van der Waals surface area (Å²) in [5.74, 6) is 0. The number of halogens is 1. The zero-order valence-electron chi connectivity index (χ0n) is 8.49. The van der Waals surface area contributed by atoms with Gasteiger partial charge in [-0.2, -0.15) is 0 Å². The molecule has 4 nitrogen and oxygen atoms in total. The van der Waals surface area contributed by atoms with Gasteiger partial charge in [0.05, 0.1) is 17.0 Å². The Balaban J connectivity index is 3.04. The average molecular weight is 249 g/mol. The molecule has 84 valence electrons. The lowest BCUT2D eigenvalue weighted by Gasteiger charge is -2.10. The second kappa shape index (κ2) is 4.38. The van der Waals surface area contributed by atoms with Gasteiger partial charge in [0.15, 0.2) is 0 Å². The molecule has 1 rings (SSSR count). The first kappa shape index (κ1) is 12.3. The average Bonchev–Trinajstić information content (AvgIpc) is 2.05. The first-order valence-corrected chi connectivity index (χ1v) is 6.59. The van der Waals surface area contributed by atoms with Crippen molar-refractivity contribution in [2.75, 3.05) is 11.0 Å². The number of sulfonamides is 1. The Morgan fingerprint density at radius 2 is 2.07 bits per heavy atom. The Morgan fingerprint density at radius 1 is 1.47 bits per heavy atom. The van der Waals surface area contributed by atoms with Gasteiger partial charge in [0, 0.05) is 6.04 Å². The molecule has 0 radical (unpaired) electrons. The van der Waals surface area contributed by atoms with Gasteiger partial charge in [0.2, 0.25) is 10.0 Å². The Hall–Kier alpha value is -0.780. The minimum Gasteiger partial charge on any atom is -0.324 e. The molecule has 0 bridgehead atoms. The lowest BCUT2D eigenvalue weighted by Crippen LogP contribution is -2.10. The SMILES string of the molecule is CC(N)c1ccc(NS(C)(=O)=O)c(Cl)c1. The standard InChI is InChI=1S/C9H13ClN2O2S/c1-6(11)7-3-4-9(8(10)5-7)12-15(2,13)14/h3-6,12H,11H2,1-2H3. The van der Waals surface area contributed by atoms with E-state index in [9.17, 15) is 8.42 Å². The summed E-state index contributed by atoms with van der Waals surface area (Å²) < 4.78 is 24.3. The van der Waals surface area contributed by atoms with Crippen LogP contribution in [0.25, 0.3) is 0 Å². The third-order valence-electron chi connectivity index (χ3n) is 1.81. The molecule has 0 heterocycles. The van der Waals surface area contributed by atoms with E-state index in [-0.39, 0.29) is 6.04 Å². The molecule has 0 aliphatic heterocycles. The third-order valence-corrected chi connectivity index (χ3v) is 2.72. The highest BCUT2D eigenvalue weighted by Gasteiger charge is 2.08. The Kier molecular flexibility index (Phi) is 3.59. The van der Waals surface area contributed by atoms with Crippen molar-refractivity contribution in [1.29, 1.82) is 0 Å². The van der Waals surface area contributed by atoms with Crippen LogP contribution >= 0.6 is 11.6 Å². The zero-order chi connectivity index (χ0) is 11.6. The maximum atomic E-state index is 11.0. The highest BCUT2D eigenvalue weighted by molar-refractivity contribution is 7.92. The molecule has 1 aromatic carbocycles. The van der Waals surface area contributed by atoms with Gasteiger partial charge in [-0.05, 0) is 24.6 Å². The van der Waals surface area contributed by atoms with Crippen LogP contribution in [-0.4, -0.2) is 14.7 Å². The summed E-state index contributed by atoms with van der Waals surface area (Å²) in [4.78, 5) is 0. The molecule has 0 aliphatic rings. The summed E-state index contributed by atoms with van der Waals surface area (Å²) in [6.07, 6.45) is 1.07. The molecule has 1 aromatic rings. The van der Waals surface area contributed by atoms with Crippen molar-refractivity contribution in [3.63, 3.8) is 0 Å². The van der Waals surface area contributed by atoms with Gasteiger partial charge >= 0.3 is 0 Å². The first-order chi connectivity index (χ1) is 6.79. The van der Waals surface area contributed by atoms with Crippen LogP contribution in [0, 0.1) is 0 Å². The summed E-state index contributed by atoms with van der Waals surface area (Å²) >= 11 is 5.90. The Bertz CT molecular complexity index is 457. The van der Waals surface area contributed by atoms with Gasteiger partial charge in [0.1, 0.15) is 0 Å². The van der Waals surface area contributed by atoms with E-state index >= 15 is 0 Å². The van der Waals surface area contributed by atoms with Gasteiger partial charge in [-0.3, -0.25) is 4.72 Å². The van der Waals surface area contributed by atoms with Crippen LogP contribution in [0.4, 0.5) is 5.69 Å². The maximum absolute atomic E-state index is 11.0. The van der Waals surface area contributed by atoms with Crippen LogP contribution in [-0.2, 0) is 10.0 Å². The third kappa shape index (κ3) is 3.70. The summed E-state index contributed by atoms with van der Waals surface area (Å²) in [7, 11) is -3.30. The fourth-order valence-electron chi connectivity index (χ4n) is 1.10. The molecule has 0 aliphatic carbocycles. The molecule has 0 amide bonds. The molecule has 6 heteroatoms. The summed E-state index contributed by atoms with van der Waals surface area (Å²) in [5, 5.41) is 0.343. The second-order valence-electron chi connectivity index (χ2n) is 3.40. The summed E-state index contributed by atoms with van der Waals surface area (Å²) in [6.45, 7) is 1.83. The normalized spacial score (nSPS) is 13.6. The van der Waals surface area contributed by atoms with Gasteiger partial charge in [0.25, 0.3) is 0 Å². The van der Waals surface area contributed by atoms with Crippen LogP contribution in [0.5, 0.6) is 0 Å². The Labute approximate surface area is 94.5 Å². The van der Waals surface area contributed by atoms with Crippen molar-refractivity contribution >= 4 is 27.3 Å². The second-order valence-corrected chi connectivity index (χ2v) is 5.56. The van der Waals surface area contributed by atoms with Crippen molar-refractivity contribution in [2.45, 2.75) is 13.0 Å². The number of nitrogens with one attached hydrogen (secondary N) is 1. The molecule has 0 saturated heterocycles. The van der Waals surface area contributed by atoms with E-state index in [4.69, 9.17) is 17.3 Å². The van der Waals surface area contributed by atoms with Crippen LogP contribution in [0.1, 0.15) is 18.5 Å². The Morgan fingerprint density at radius 3 is 2.47 bits per heavy atom. The highest BCUT2D eigenvalue weighted by atomic mass is 35.5. The molecule has 0 aromatic heterocycles. The molecular formula is C9H13ClN2O2S. The molecule has 1 atom stereocenters. The molecule has 15 heavy (non-hydrogen) atoms. The van der Waals surface area contributed by atoms with E-state index in [2.05, 4.69) is 4.72 Å². The maximum Gasteiger partial charge on any atom is 0.229 e. The number of benzene rings is 1. The van der Waals surface area contributed by atoms with Crippen molar-refractivity contribution in [1.82, 2.24) is 0 Å². The first-order valence-electron chi connectivity index (χ1n) is 4.32. The number of hydrogen-bond donors (Lipinski definition) is 2. The number of anilines is 1. The lowest BCUT2D eigenvalue weighted by molar-refractivity contribution is 0.607. The van der Waals surface area contributed by atoms with Gasteiger partial charge in [-0.1, -0.05) is 17.7 Å². The van der Waals surface area contributed by atoms with Gasteiger partial charge in [-0.25, -0.2) is 8.42 Å². The fraction of sp³-hybridized carbons (Fsp3) is 0.333. The van der Waals surface area contributed by atoms with Crippen molar-refractivity contribution in [3.05, 3.63) is 28.8 Å². The van der Waals surface area contributed by atoms with E-state index in [0.29, 0.717) is 10.7 Å². The number of rotatable bonds is 3. The van der Waals surface area contributed by atoms with E-state index in [0.717, 1.165) is 11.8 Å². The smallest absolute Gasteiger partial charge is 0.229 e. The monoisotopic (exact) mass is 248 g/mol. The topological polar surface area (TPSA) is 72.2 Å². The fourth-order valence-corrected chi connectivity index (χ4v) is 1.97. The van der Waals surface area contributed by atoms with E-state index in [1.54, 1.807) is 18.2 Å². The van der Waals surface area contributed by atoms with Crippen molar-refractivity contribution in [3.8, 4) is 0 Å².